The van der Waals surface area contributed by atoms with E-state index in [1.165, 1.54) is 12.8 Å². The molecule has 1 fully saturated rings. The van der Waals surface area contributed by atoms with Crippen LogP contribution in [0.4, 0.5) is 11.6 Å². The minimum atomic E-state index is 0.435. The van der Waals surface area contributed by atoms with E-state index in [1.54, 1.807) is 6.33 Å². The summed E-state index contributed by atoms with van der Waals surface area (Å²) in [6.07, 6.45) is 5.26. The molecule has 0 aliphatic carbocycles. The monoisotopic (exact) mass is 263 g/mol. The molecule has 2 N–H and O–H groups in total. The lowest BCUT2D eigenvalue weighted by molar-refractivity contribution is 0.597. The van der Waals surface area contributed by atoms with Gasteiger partial charge in [-0.15, -0.1) is 0 Å². The minimum Gasteiger partial charge on any atom is -0.367 e. The summed E-state index contributed by atoms with van der Waals surface area (Å²) in [4.78, 5) is 10.8. The molecule has 1 aliphatic rings. The number of nitrogens with one attached hydrogen (secondary N) is 2. The molecule has 2 heterocycles. The number of likely N-dealkylation sites (N-methyl/N-ethyl adjacent to an activating group) is 1. The fourth-order valence-corrected chi connectivity index (χ4v) is 2.33. The number of aromatic nitrogens is 2. The third-order valence-electron chi connectivity index (χ3n) is 3.71. The van der Waals surface area contributed by atoms with Crippen LogP contribution in [0, 0.1) is 0 Å². The summed E-state index contributed by atoms with van der Waals surface area (Å²) < 4.78 is 0. The van der Waals surface area contributed by atoms with E-state index >= 15 is 0 Å². The summed E-state index contributed by atoms with van der Waals surface area (Å²) in [6, 6.07) is 3.05. The molecule has 0 bridgehead atoms. The van der Waals surface area contributed by atoms with E-state index in [4.69, 9.17) is 0 Å². The maximum absolute atomic E-state index is 4.36. The Morgan fingerprint density at radius 3 is 3.05 bits per heavy atom. The first-order chi connectivity index (χ1) is 9.19. The van der Waals surface area contributed by atoms with Crippen molar-refractivity contribution in [2.24, 2.45) is 0 Å². The van der Waals surface area contributed by atoms with Crippen molar-refractivity contribution in [2.75, 3.05) is 30.4 Å². The molecule has 2 rings (SSSR count). The van der Waals surface area contributed by atoms with Crippen LogP contribution in [0.2, 0.25) is 0 Å². The fraction of sp³-hybridized carbons (Fsp3) is 0.714. The Morgan fingerprint density at radius 2 is 2.37 bits per heavy atom. The van der Waals surface area contributed by atoms with Crippen LogP contribution in [-0.4, -0.2) is 42.2 Å². The second kappa shape index (κ2) is 6.70. The largest absolute Gasteiger partial charge is 0.367 e. The van der Waals surface area contributed by atoms with Gasteiger partial charge in [-0.25, -0.2) is 9.97 Å². The molecule has 2 atom stereocenters. The average molecular weight is 263 g/mol. The lowest BCUT2D eigenvalue weighted by atomic mass is 10.2. The Bertz CT molecular complexity index is 389. The second-order valence-corrected chi connectivity index (χ2v) is 5.39. The summed E-state index contributed by atoms with van der Waals surface area (Å²) in [5.74, 6) is 1.89. The van der Waals surface area contributed by atoms with Crippen molar-refractivity contribution in [1.29, 1.82) is 0 Å². The van der Waals surface area contributed by atoms with Gasteiger partial charge in [0.25, 0.3) is 0 Å². The maximum atomic E-state index is 4.36. The van der Waals surface area contributed by atoms with E-state index in [-0.39, 0.29) is 0 Å². The molecule has 19 heavy (non-hydrogen) atoms. The third kappa shape index (κ3) is 4.06. The maximum Gasteiger partial charge on any atom is 0.133 e. The Kier molecular flexibility index (Phi) is 4.96. The molecule has 1 aromatic heterocycles. The third-order valence-corrected chi connectivity index (χ3v) is 3.71. The topological polar surface area (TPSA) is 53.1 Å². The first-order valence-electron chi connectivity index (χ1n) is 7.22. The Labute approximate surface area is 115 Å². The summed E-state index contributed by atoms with van der Waals surface area (Å²) in [5.41, 5.74) is 0. The standard InChI is InChI=1S/C14H25N5/c1-4-11(2)18-13-8-14(17-10-16-13)19(3)9-12-6-5-7-15-12/h8,10-12,15H,4-7,9H2,1-3H3,(H,16,17,18). The van der Waals surface area contributed by atoms with Gasteiger partial charge in [-0.2, -0.15) is 0 Å². The zero-order chi connectivity index (χ0) is 13.7. The van der Waals surface area contributed by atoms with Crippen molar-refractivity contribution in [3.05, 3.63) is 12.4 Å². The van der Waals surface area contributed by atoms with Crippen LogP contribution in [0.25, 0.3) is 0 Å². The van der Waals surface area contributed by atoms with Gasteiger partial charge in [0.05, 0.1) is 0 Å². The van der Waals surface area contributed by atoms with Crippen molar-refractivity contribution in [2.45, 2.75) is 45.2 Å². The Balaban J connectivity index is 1.96. The highest BCUT2D eigenvalue weighted by atomic mass is 15.2. The highest BCUT2D eigenvalue weighted by Crippen LogP contribution is 2.16. The molecule has 0 spiro atoms. The first kappa shape index (κ1) is 14.1. The molecule has 5 nitrogen and oxygen atoms in total. The molecule has 0 amide bonds. The van der Waals surface area contributed by atoms with Crippen LogP contribution in [-0.2, 0) is 0 Å². The average Bonchev–Trinajstić information content (AvgIpc) is 2.91. The molecule has 2 unspecified atom stereocenters. The van der Waals surface area contributed by atoms with E-state index in [0.717, 1.165) is 31.1 Å². The molecule has 1 saturated heterocycles. The van der Waals surface area contributed by atoms with Gasteiger partial charge in [-0.1, -0.05) is 6.92 Å². The number of nitrogens with zero attached hydrogens (tertiary/aromatic N) is 3. The molecule has 0 saturated carbocycles. The van der Waals surface area contributed by atoms with Crippen molar-refractivity contribution < 1.29 is 0 Å². The molecule has 106 valence electrons. The van der Waals surface area contributed by atoms with Crippen LogP contribution in [0.1, 0.15) is 33.1 Å². The van der Waals surface area contributed by atoms with E-state index in [1.807, 2.05) is 6.07 Å². The van der Waals surface area contributed by atoms with Gasteiger partial charge in [0.1, 0.15) is 18.0 Å². The highest BCUT2D eigenvalue weighted by Gasteiger charge is 2.17. The van der Waals surface area contributed by atoms with Gasteiger partial charge in [0, 0.05) is 31.7 Å². The van der Waals surface area contributed by atoms with Crippen LogP contribution in [0.5, 0.6) is 0 Å². The normalized spacial score (nSPS) is 20.3. The van der Waals surface area contributed by atoms with Gasteiger partial charge in [0.15, 0.2) is 0 Å². The van der Waals surface area contributed by atoms with Gasteiger partial charge in [-0.3, -0.25) is 0 Å². The van der Waals surface area contributed by atoms with Crippen molar-refractivity contribution in [3.8, 4) is 0 Å². The van der Waals surface area contributed by atoms with Crippen molar-refractivity contribution in [1.82, 2.24) is 15.3 Å². The van der Waals surface area contributed by atoms with Gasteiger partial charge in [0.2, 0.25) is 0 Å². The summed E-state index contributed by atoms with van der Waals surface area (Å²) in [5, 5.41) is 6.90. The predicted octanol–water partition coefficient (Wildman–Crippen LogP) is 1.88. The number of hydrogen-bond donors (Lipinski definition) is 2. The molecule has 5 heteroatoms. The van der Waals surface area contributed by atoms with Crippen LogP contribution < -0.4 is 15.5 Å². The second-order valence-electron chi connectivity index (χ2n) is 5.39. The molecule has 0 aromatic carbocycles. The van der Waals surface area contributed by atoms with Gasteiger partial charge < -0.3 is 15.5 Å². The lowest BCUT2D eigenvalue weighted by Crippen LogP contribution is -2.35. The van der Waals surface area contributed by atoms with Gasteiger partial charge >= 0.3 is 0 Å². The zero-order valence-corrected chi connectivity index (χ0v) is 12.2. The number of rotatable bonds is 6. The van der Waals surface area contributed by atoms with E-state index in [2.05, 4.69) is 46.4 Å². The van der Waals surface area contributed by atoms with E-state index in [9.17, 15) is 0 Å². The van der Waals surface area contributed by atoms with Crippen LogP contribution in [0.15, 0.2) is 12.4 Å². The first-order valence-corrected chi connectivity index (χ1v) is 7.22. The van der Waals surface area contributed by atoms with Crippen molar-refractivity contribution >= 4 is 11.6 Å². The Hall–Kier alpha value is -1.36. The summed E-state index contributed by atoms with van der Waals surface area (Å²) >= 11 is 0. The molecule has 1 aromatic rings. The van der Waals surface area contributed by atoms with Crippen LogP contribution in [0.3, 0.4) is 0 Å². The van der Waals surface area contributed by atoms with Crippen molar-refractivity contribution in [3.63, 3.8) is 0 Å². The summed E-state index contributed by atoms with van der Waals surface area (Å²) in [7, 11) is 2.09. The zero-order valence-electron chi connectivity index (χ0n) is 12.2. The molecule has 0 radical (unpaired) electrons. The molecule has 1 aliphatic heterocycles. The minimum absolute atomic E-state index is 0.435. The quantitative estimate of drug-likeness (QED) is 0.820. The Morgan fingerprint density at radius 1 is 1.53 bits per heavy atom. The lowest BCUT2D eigenvalue weighted by Gasteiger charge is -2.23. The van der Waals surface area contributed by atoms with Crippen LogP contribution >= 0.6 is 0 Å². The van der Waals surface area contributed by atoms with Gasteiger partial charge in [-0.05, 0) is 32.7 Å². The number of hydrogen-bond acceptors (Lipinski definition) is 5. The van der Waals surface area contributed by atoms with E-state index in [0.29, 0.717) is 12.1 Å². The fourth-order valence-electron chi connectivity index (χ4n) is 2.33. The van der Waals surface area contributed by atoms with E-state index < -0.39 is 0 Å². The summed E-state index contributed by atoms with van der Waals surface area (Å²) in [6.45, 7) is 6.47. The molecular formula is C14H25N5. The smallest absolute Gasteiger partial charge is 0.133 e. The molecular weight excluding hydrogens is 238 g/mol. The number of anilines is 2. The SMILES string of the molecule is CCC(C)Nc1cc(N(C)CC2CCCN2)ncn1. The highest BCUT2D eigenvalue weighted by molar-refractivity contribution is 5.48. The predicted molar refractivity (Wildman–Crippen MR) is 79.7 cm³/mol.